The molecule has 1 unspecified atom stereocenters. The first-order valence-corrected chi connectivity index (χ1v) is 16.9. The minimum absolute atomic E-state index is 0.0376. The third-order valence-electron chi connectivity index (χ3n) is 7.17. The van der Waals surface area contributed by atoms with Gasteiger partial charge in [0.1, 0.15) is 18.3 Å². The normalized spacial score (nSPS) is 11.9. The van der Waals surface area contributed by atoms with E-state index < -0.39 is 28.5 Å². The van der Waals surface area contributed by atoms with E-state index in [9.17, 15) is 18.0 Å². The first kappa shape index (κ1) is 33.7. The van der Waals surface area contributed by atoms with Crippen molar-refractivity contribution >= 4 is 43.5 Å². The molecule has 0 saturated heterocycles. The molecule has 10 heteroatoms. The highest BCUT2D eigenvalue weighted by atomic mass is 79.9. The Balaban J connectivity index is 1.80. The van der Waals surface area contributed by atoms with Crippen molar-refractivity contribution in [2.75, 3.05) is 24.5 Å². The molecule has 0 aliphatic rings. The Morgan fingerprint density at radius 3 is 2.11 bits per heavy atom. The maximum Gasteiger partial charge on any atom is 0.264 e. The van der Waals surface area contributed by atoms with E-state index in [0.717, 1.165) is 19.9 Å². The lowest BCUT2D eigenvalue weighted by atomic mass is 10.0. The van der Waals surface area contributed by atoms with Gasteiger partial charge in [-0.25, -0.2) is 8.42 Å². The molecule has 8 nitrogen and oxygen atoms in total. The Morgan fingerprint density at radius 2 is 1.49 bits per heavy atom. The first-order valence-electron chi connectivity index (χ1n) is 14.7. The number of halogens is 1. The summed E-state index contributed by atoms with van der Waals surface area (Å²) in [7, 11) is -2.70. The average Bonchev–Trinajstić information content (AvgIpc) is 3.05. The molecule has 0 bridgehead atoms. The summed E-state index contributed by atoms with van der Waals surface area (Å²) >= 11 is 3.46. The van der Waals surface area contributed by atoms with Crippen LogP contribution in [0, 0.1) is 5.92 Å². The molecule has 45 heavy (non-hydrogen) atoms. The van der Waals surface area contributed by atoms with Crippen molar-refractivity contribution in [3.8, 4) is 5.75 Å². The number of ether oxygens (including phenoxy) is 1. The second-order valence-electron chi connectivity index (χ2n) is 11.0. The predicted molar refractivity (Wildman–Crippen MR) is 180 cm³/mol. The highest BCUT2D eigenvalue weighted by Crippen LogP contribution is 2.28. The summed E-state index contributed by atoms with van der Waals surface area (Å²) < 4.78 is 35.5. The van der Waals surface area contributed by atoms with Crippen molar-refractivity contribution in [1.82, 2.24) is 10.2 Å². The highest BCUT2D eigenvalue weighted by Gasteiger charge is 2.34. The van der Waals surface area contributed by atoms with Crippen molar-refractivity contribution in [2.45, 2.75) is 37.8 Å². The van der Waals surface area contributed by atoms with Crippen molar-refractivity contribution in [1.29, 1.82) is 0 Å². The molecule has 1 N–H and O–H groups in total. The topological polar surface area (TPSA) is 96.0 Å². The first-order chi connectivity index (χ1) is 21.6. The molecule has 0 saturated carbocycles. The number of carbonyl (C=O) groups is 2. The van der Waals surface area contributed by atoms with Gasteiger partial charge in [0, 0.05) is 30.0 Å². The molecule has 2 amide bonds. The van der Waals surface area contributed by atoms with Crippen LogP contribution in [-0.2, 0) is 32.6 Å². The smallest absolute Gasteiger partial charge is 0.264 e. The number of carbonyl (C=O) groups excluding carboxylic acids is 2. The molecular weight excluding hydrogens is 654 g/mol. The number of benzene rings is 4. The standard InChI is InChI=1S/C35H38BrN3O5S/c1-26(2)23-37-35(41)33(21-27-11-6-4-7-12-27)38(24-28-17-19-29(36)20-18-28)34(40)25-39(30-13-10-14-31(22-30)44-3)45(42,43)32-15-8-5-9-16-32/h4-20,22,26,33H,21,23-25H2,1-3H3,(H,37,41). The van der Waals surface area contributed by atoms with Crippen LogP contribution in [0.2, 0.25) is 0 Å². The van der Waals surface area contributed by atoms with Gasteiger partial charge in [-0.1, -0.05) is 96.5 Å². The van der Waals surface area contributed by atoms with Gasteiger partial charge in [0.2, 0.25) is 11.8 Å². The van der Waals surface area contributed by atoms with Gasteiger partial charge in [-0.3, -0.25) is 13.9 Å². The quantitative estimate of drug-likeness (QED) is 0.173. The fourth-order valence-corrected chi connectivity index (χ4v) is 6.47. The van der Waals surface area contributed by atoms with Gasteiger partial charge in [-0.05, 0) is 53.4 Å². The van der Waals surface area contributed by atoms with Crippen LogP contribution >= 0.6 is 15.9 Å². The second-order valence-corrected chi connectivity index (χ2v) is 13.8. The van der Waals surface area contributed by atoms with Crippen molar-refractivity contribution < 1.29 is 22.7 Å². The van der Waals surface area contributed by atoms with Gasteiger partial charge < -0.3 is 15.0 Å². The summed E-state index contributed by atoms with van der Waals surface area (Å²) in [6.45, 7) is 3.98. The summed E-state index contributed by atoms with van der Waals surface area (Å²) in [6.07, 6.45) is 0.248. The van der Waals surface area contributed by atoms with E-state index in [-0.39, 0.29) is 35.4 Å². The Labute approximate surface area is 274 Å². The van der Waals surface area contributed by atoms with Gasteiger partial charge >= 0.3 is 0 Å². The second kappa shape index (κ2) is 15.7. The third-order valence-corrected chi connectivity index (χ3v) is 9.49. The number of nitrogens with one attached hydrogen (secondary N) is 1. The zero-order valence-electron chi connectivity index (χ0n) is 25.6. The van der Waals surface area contributed by atoms with E-state index in [0.29, 0.717) is 12.3 Å². The van der Waals surface area contributed by atoms with Gasteiger partial charge in [0.15, 0.2) is 0 Å². The molecule has 0 radical (unpaired) electrons. The fraction of sp³-hybridized carbons (Fsp3) is 0.257. The van der Waals surface area contributed by atoms with Crippen molar-refractivity contribution in [3.05, 3.63) is 125 Å². The number of sulfonamides is 1. The van der Waals surface area contributed by atoms with Crippen LogP contribution in [0.3, 0.4) is 0 Å². The predicted octanol–water partition coefficient (Wildman–Crippen LogP) is 6.07. The average molecular weight is 693 g/mol. The third kappa shape index (κ3) is 9.18. The lowest BCUT2D eigenvalue weighted by Crippen LogP contribution is -2.53. The molecule has 4 aromatic rings. The van der Waals surface area contributed by atoms with Crippen LogP contribution in [0.1, 0.15) is 25.0 Å². The molecular formula is C35H38BrN3O5S. The van der Waals surface area contributed by atoms with E-state index in [1.807, 2.05) is 68.4 Å². The number of anilines is 1. The van der Waals surface area contributed by atoms with E-state index in [4.69, 9.17) is 4.74 Å². The van der Waals surface area contributed by atoms with Crippen LogP contribution in [0.5, 0.6) is 5.75 Å². The van der Waals surface area contributed by atoms with Crippen LogP contribution in [0.15, 0.2) is 119 Å². The molecule has 0 aliphatic heterocycles. The molecule has 0 heterocycles. The molecule has 4 rings (SSSR count). The zero-order chi connectivity index (χ0) is 32.4. The maximum atomic E-state index is 14.5. The monoisotopic (exact) mass is 691 g/mol. The van der Waals surface area contributed by atoms with E-state index in [1.165, 1.54) is 24.1 Å². The molecule has 1 atom stereocenters. The lowest BCUT2D eigenvalue weighted by molar-refractivity contribution is -0.140. The van der Waals surface area contributed by atoms with Crippen LogP contribution in [0.4, 0.5) is 5.69 Å². The summed E-state index contributed by atoms with van der Waals surface area (Å²) in [6, 6.07) is 30.6. The summed E-state index contributed by atoms with van der Waals surface area (Å²) in [5, 5.41) is 3.00. The molecule has 0 spiro atoms. The largest absolute Gasteiger partial charge is 0.497 e. The fourth-order valence-electron chi connectivity index (χ4n) is 4.78. The van der Waals surface area contributed by atoms with E-state index in [1.54, 1.807) is 42.5 Å². The molecule has 4 aromatic carbocycles. The summed E-state index contributed by atoms with van der Waals surface area (Å²) in [4.78, 5) is 29.9. The van der Waals surface area contributed by atoms with Crippen LogP contribution in [-0.4, -0.2) is 51.4 Å². The SMILES string of the molecule is COc1cccc(N(CC(=O)N(Cc2ccc(Br)cc2)C(Cc2ccccc2)C(=O)NCC(C)C)S(=O)(=O)c2ccccc2)c1. The number of nitrogens with zero attached hydrogens (tertiary/aromatic N) is 2. The maximum absolute atomic E-state index is 14.5. The Hall–Kier alpha value is -4.15. The number of hydrogen-bond acceptors (Lipinski definition) is 5. The van der Waals surface area contributed by atoms with Crippen LogP contribution < -0.4 is 14.4 Å². The van der Waals surface area contributed by atoms with Crippen LogP contribution in [0.25, 0.3) is 0 Å². The molecule has 0 aliphatic carbocycles. The summed E-state index contributed by atoms with van der Waals surface area (Å²) in [5.41, 5.74) is 1.93. The minimum atomic E-state index is -4.19. The van der Waals surface area contributed by atoms with Gasteiger partial charge in [0.05, 0.1) is 17.7 Å². The molecule has 0 aromatic heterocycles. The van der Waals surface area contributed by atoms with Gasteiger partial charge in [-0.2, -0.15) is 0 Å². The Bertz CT molecular complexity index is 1670. The Kier molecular flexibility index (Phi) is 11.8. The Morgan fingerprint density at radius 1 is 0.844 bits per heavy atom. The number of methoxy groups -OCH3 is 1. The van der Waals surface area contributed by atoms with E-state index >= 15 is 0 Å². The number of hydrogen-bond donors (Lipinski definition) is 1. The van der Waals surface area contributed by atoms with Crippen molar-refractivity contribution in [3.63, 3.8) is 0 Å². The number of amides is 2. The minimum Gasteiger partial charge on any atom is -0.497 e. The van der Waals surface area contributed by atoms with E-state index in [2.05, 4.69) is 21.2 Å². The number of rotatable bonds is 14. The zero-order valence-corrected chi connectivity index (χ0v) is 28.0. The lowest BCUT2D eigenvalue weighted by Gasteiger charge is -2.34. The van der Waals surface area contributed by atoms with Crippen molar-refractivity contribution in [2.24, 2.45) is 5.92 Å². The summed E-state index contributed by atoms with van der Waals surface area (Å²) in [5.74, 6) is -0.200. The molecule has 236 valence electrons. The highest BCUT2D eigenvalue weighted by molar-refractivity contribution is 9.10. The molecule has 0 fully saturated rings. The van der Waals surface area contributed by atoms with Gasteiger partial charge in [-0.15, -0.1) is 0 Å². The van der Waals surface area contributed by atoms with Gasteiger partial charge in [0.25, 0.3) is 10.0 Å².